The highest BCUT2D eigenvalue weighted by Gasteiger charge is 2.34. The average Bonchev–Trinajstić information content (AvgIpc) is 2.87. The second-order valence-corrected chi connectivity index (χ2v) is 7.76. The third-order valence-corrected chi connectivity index (χ3v) is 5.76. The van der Waals surface area contributed by atoms with Crippen molar-refractivity contribution in [2.24, 2.45) is 16.8 Å². The Kier molecular flexibility index (Phi) is 6.06. The lowest BCUT2D eigenvalue weighted by molar-refractivity contribution is 0.314. The SMILES string of the molecule is CC(C)CN(CCC(N)=NO)S(=O)(=O)C1CCCC1. The first-order valence-electron chi connectivity index (χ1n) is 6.83. The molecular formula is C12H25N3O3S. The lowest BCUT2D eigenvalue weighted by Gasteiger charge is -2.26. The summed E-state index contributed by atoms with van der Waals surface area (Å²) in [6.07, 6.45) is 3.73. The largest absolute Gasteiger partial charge is 0.409 e. The van der Waals surface area contributed by atoms with Gasteiger partial charge in [0.15, 0.2) is 0 Å². The van der Waals surface area contributed by atoms with Crippen LogP contribution in [0.4, 0.5) is 0 Å². The molecule has 0 amide bonds. The maximum absolute atomic E-state index is 12.6. The third-order valence-electron chi connectivity index (χ3n) is 3.40. The topological polar surface area (TPSA) is 96.0 Å². The van der Waals surface area contributed by atoms with Gasteiger partial charge in [0.2, 0.25) is 10.0 Å². The molecule has 0 aliphatic heterocycles. The number of nitrogens with two attached hydrogens (primary N) is 1. The van der Waals surface area contributed by atoms with E-state index in [1.54, 1.807) is 0 Å². The van der Waals surface area contributed by atoms with Crippen LogP contribution in [0.2, 0.25) is 0 Å². The summed E-state index contributed by atoms with van der Waals surface area (Å²) in [5.74, 6) is 0.318. The summed E-state index contributed by atoms with van der Waals surface area (Å²) < 4.78 is 26.6. The molecule has 3 N–H and O–H groups in total. The minimum atomic E-state index is -3.26. The summed E-state index contributed by atoms with van der Waals surface area (Å²) in [6.45, 7) is 4.74. The second-order valence-electron chi connectivity index (χ2n) is 5.54. The maximum Gasteiger partial charge on any atom is 0.217 e. The molecule has 1 saturated carbocycles. The fourth-order valence-corrected chi connectivity index (χ4v) is 4.62. The normalized spacial score (nSPS) is 18.6. The molecule has 1 fully saturated rings. The molecule has 0 aromatic heterocycles. The van der Waals surface area contributed by atoms with Crippen LogP contribution in [0.1, 0.15) is 46.0 Å². The van der Waals surface area contributed by atoms with Crippen molar-refractivity contribution >= 4 is 15.9 Å². The van der Waals surface area contributed by atoms with Crippen LogP contribution in [-0.4, -0.2) is 42.1 Å². The maximum atomic E-state index is 12.6. The molecule has 0 radical (unpaired) electrons. The predicted octanol–water partition coefficient (Wildman–Crippen LogP) is 1.35. The molecule has 0 aromatic carbocycles. The molecule has 1 rings (SSSR count). The van der Waals surface area contributed by atoms with Gasteiger partial charge >= 0.3 is 0 Å². The predicted molar refractivity (Wildman–Crippen MR) is 75.6 cm³/mol. The summed E-state index contributed by atoms with van der Waals surface area (Å²) in [5, 5.41) is 11.2. The van der Waals surface area contributed by atoms with E-state index in [0.717, 1.165) is 25.7 Å². The van der Waals surface area contributed by atoms with Gasteiger partial charge < -0.3 is 10.9 Å². The van der Waals surface area contributed by atoms with E-state index in [2.05, 4.69) is 5.16 Å². The van der Waals surface area contributed by atoms with Crippen molar-refractivity contribution in [3.05, 3.63) is 0 Å². The summed E-state index contributed by atoms with van der Waals surface area (Å²) in [6, 6.07) is 0. The van der Waals surface area contributed by atoms with Crippen LogP contribution < -0.4 is 5.73 Å². The van der Waals surface area contributed by atoms with E-state index in [9.17, 15) is 8.42 Å². The van der Waals surface area contributed by atoms with Crippen molar-refractivity contribution in [3.63, 3.8) is 0 Å². The summed E-state index contributed by atoms with van der Waals surface area (Å²) in [4.78, 5) is 0. The molecule has 6 nitrogen and oxygen atoms in total. The van der Waals surface area contributed by atoms with E-state index in [-0.39, 0.29) is 30.0 Å². The molecule has 1 aliphatic carbocycles. The lowest BCUT2D eigenvalue weighted by atomic mass is 10.2. The molecule has 0 atom stereocenters. The number of sulfonamides is 1. The van der Waals surface area contributed by atoms with E-state index in [1.807, 2.05) is 13.8 Å². The van der Waals surface area contributed by atoms with Gasteiger partial charge in [-0.3, -0.25) is 0 Å². The van der Waals surface area contributed by atoms with Crippen molar-refractivity contribution in [2.75, 3.05) is 13.1 Å². The molecule has 1 aliphatic rings. The number of hydrogen-bond donors (Lipinski definition) is 2. The minimum absolute atomic E-state index is 0.0652. The number of rotatable bonds is 7. The molecule has 19 heavy (non-hydrogen) atoms. The van der Waals surface area contributed by atoms with Gasteiger partial charge in [-0.25, -0.2) is 12.7 Å². The first-order valence-corrected chi connectivity index (χ1v) is 8.33. The zero-order valence-corrected chi connectivity index (χ0v) is 12.6. The molecule has 0 unspecified atom stereocenters. The monoisotopic (exact) mass is 291 g/mol. The number of nitrogens with zero attached hydrogens (tertiary/aromatic N) is 2. The lowest BCUT2D eigenvalue weighted by Crippen LogP contribution is -2.41. The van der Waals surface area contributed by atoms with Crippen LogP contribution in [0, 0.1) is 5.92 Å². The Morgan fingerprint density at radius 3 is 2.47 bits per heavy atom. The van der Waals surface area contributed by atoms with Gasteiger partial charge in [-0.1, -0.05) is 31.8 Å². The third kappa shape index (κ3) is 4.65. The van der Waals surface area contributed by atoms with Gasteiger partial charge in [-0.05, 0) is 18.8 Å². The Morgan fingerprint density at radius 1 is 1.42 bits per heavy atom. The van der Waals surface area contributed by atoms with Gasteiger partial charge in [0.25, 0.3) is 0 Å². The smallest absolute Gasteiger partial charge is 0.217 e. The fourth-order valence-electron chi connectivity index (χ4n) is 2.42. The number of amidine groups is 1. The van der Waals surface area contributed by atoms with Crippen molar-refractivity contribution in [2.45, 2.75) is 51.2 Å². The molecular weight excluding hydrogens is 266 g/mol. The van der Waals surface area contributed by atoms with Gasteiger partial charge in [0.1, 0.15) is 5.84 Å². The standard InChI is InChI=1S/C12H25N3O3S/c1-10(2)9-15(8-7-12(13)14-16)19(17,18)11-5-3-4-6-11/h10-11,16H,3-9H2,1-2H3,(H2,13,14). The Labute approximate surface area is 115 Å². The highest BCUT2D eigenvalue weighted by atomic mass is 32.2. The van der Waals surface area contributed by atoms with Gasteiger partial charge in [-0.2, -0.15) is 0 Å². The Hall–Kier alpha value is -0.820. The van der Waals surface area contributed by atoms with Gasteiger partial charge in [0, 0.05) is 19.5 Å². The highest BCUT2D eigenvalue weighted by Crippen LogP contribution is 2.27. The molecule has 7 heteroatoms. The average molecular weight is 291 g/mol. The zero-order chi connectivity index (χ0) is 14.5. The Morgan fingerprint density at radius 2 is 2.00 bits per heavy atom. The fraction of sp³-hybridized carbons (Fsp3) is 0.917. The van der Waals surface area contributed by atoms with Crippen molar-refractivity contribution in [1.82, 2.24) is 4.31 Å². The van der Waals surface area contributed by atoms with Crippen LogP contribution in [0.25, 0.3) is 0 Å². The summed E-state index contributed by atoms with van der Waals surface area (Å²) in [7, 11) is -3.26. The van der Waals surface area contributed by atoms with Crippen LogP contribution in [0.15, 0.2) is 5.16 Å². The van der Waals surface area contributed by atoms with Crippen LogP contribution in [0.3, 0.4) is 0 Å². The quantitative estimate of drug-likeness (QED) is 0.320. The molecule has 0 aromatic rings. The van der Waals surface area contributed by atoms with E-state index < -0.39 is 10.0 Å². The summed E-state index contributed by atoms with van der Waals surface area (Å²) >= 11 is 0. The highest BCUT2D eigenvalue weighted by molar-refractivity contribution is 7.89. The van der Waals surface area contributed by atoms with Gasteiger partial charge in [0.05, 0.1) is 5.25 Å². The molecule has 0 saturated heterocycles. The van der Waals surface area contributed by atoms with Crippen molar-refractivity contribution in [3.8, 4) is 0 Å². The van der Waals surface area contributed by atoms with Crippen LogP contribution in [-0.2, 0) is 10.0 Å². The van der Waals surface area contributed by atoms with E-state index in [0.29, 0.717) is 6.54 Å². The first kappa shape index (κ1) is 16.2. The second kappa shape index (κ2) is 7.09. The summed E-state index contributed by atoms with van der Waals surface area (Å²) in [5.41, 5.74) is 5.43. The Bertz CT molecular complexity index is 400. The molecule has 0 heterocycles. The molecule has 0 bridgehead atoms. The number of oxime groups is 1. The van der Waals surface area contributed by atoms with Crippen LogP contribution >= 0.6 is 0 Å². The van der Waals surface area contributed by atoms with E-state index >= 15 is 0 Å². The van der Waals surface area contributed by atoms with Crippen LogP contribution in [0.5, 0.6) is 0 Å². The molecule has 112 valence electrons. The first-order chi connectivity index (χ1) is 8.87. The van der Waals surface area contributed by atoms with Gasteiger partial charge in [-0.15, -0.1) is 0 Å². The van der Waals surface area contributed by atoms with E-state index in [4.69, 9.17) is 10.9 Å². The van der Waals surface area contributed by atoms with Crippen molar-refractivity contribution < 1.29 is 13.6 Å². The zero-order valence-electron chi connectivity index (χ0n) is 11.7. The van der Waals surface area contributed by atoms with Crippen molar-refractivity contribution in [1.29, 1.82) is 0 Å². The molecule has 0 spiro atoms. The number of hydrogen-bond acceptors (Lipinski definition) is 4. The Balaban J connectivity index is 2.76. The minimum Gasteiger partial charge on any atom is -0.409 e. The van der Waals surface area contributed by atoms with E-state index in [1.165, 1.54) is 4.31 Å².